The van der Waals surface area contributed by atoms with Crippen LogP contribution >= 0.6 is 0 Å². The van der Waals surface area contributed by atoms with E-state index in [9.17, 15) is 18.4 Å². The van der Waals surface area contributed by atoms with Gasteiger partial charge in [-0.25, -0.2) is 0 Å². The van der Waals surface area contributed by atoms with Gasteiger partial charge in [0.2, 0.25) is 0 Å². The predicted octanol–water partition coefficient (Wildman–Crippen LogP) is -2.41. The van der Waals surface area contributed by atoms with Crippen molar-refractivity contribution in [2.75, 3.05) is 5.75 Å². The smallest absolute Gasteiger partial charge is 0.769 e. The van der Waals surface area contributed by atoms with E-state index in [2.05, 4.69) is 11.2 Å². The van der Waals surface area contributed by atoms with Crippen LogP contribution in [-0.2, 0) is 29.6 Å². The fourth-order valence-corrected chi connectivity index (χ4v) is 1.86. The van der Waals surface area contributed by atoms with Gasteiger partial charge in [0, 0.05) is 19.3 Å². The number of hydrogen-bond acceptors (Lipinski definition) is 5. The monoisotopic (exact) mass is 260 g/mol. The first-order valence-corrected chi connectivity index (χ1v) is 6.90. The normalized spacial score (nSPS) is 13.7. The van der Waals surface area contributed by atoms with Crippen molar-refractivity contribution in [1.29, 1.82) is 0 Å². The second-order valence-corrected chi connectivity index (χ2v) is 5.91. The van der Waals surface area contributed by atoms with Crippen molar-refractivity contribution in [3.8, 4) is 0 Å². The van der Waals surface area contributed by atoms with Crippen molar-refractivity contribution in [3.63, 3.8) is 0 Å². The SMILES string of the molecule is CCC(=O)CCCC(=O)CS(=O)([O-])=S.[Na+]. The molecule has 0 aliphatic rings. The van der Waals surface area contributed by atoms with Gasteiger partial charge in [0.1, 0.15) is 11.6 Å². The Kier molecular flexibility index (Phi) is 10.6. The molecule has 0 radical (unpaired) electrons. The van der Waals surface area contributed by atoms with Gasteiger partial charge in [-0.05, 0) is 26.4 Å². The van der Waals surface area contributed by atoms with E-state index in [-0.39, 0.29) is 41.8 Å². The van der Waals surface area contributed by atoms with Crippen molar-refractivity contribution in [2.45, 2.75) is 32.6 Å². The van der Waals surface area contributed by atoms with Crippen LogP contribution in [0.15, 0.2) is 0 Å². The molecule has 0 aromatic carbocycles. The molecule has 0 rings (SSSR count). The molecule has 0 spiro atoms. The second-order valence-electron chi connectivity index (χ2n) is 2.99. The van der Waals surface area contributed by atoms with E-state index in [1.165, 1.54) is 0 Å². The molecule has 0 heterocycles. The van der Waals surface area contributed by atoms with Crippen LogP contribution in [0.2, 0.25) is 0 Å². The van der Waals surface area contributed by atoms with Gasteiger partial charge in [0.05, 0.1) is 5.75 Å². The minimum Gasteiger partial charge on any atom is -0.769 e. The maximum absolute atomic E-state index is 11.0. The van der Waals surface area contributed by atoms with Crippen LogP contribution < -0.4 is 29.6 Å². The first-order chi connectivity index (χ1) is 6.35. The van der Waals surface area contributed by atoms with Crippen molar-refractivity contribution >= 4 is 31.5 Å². The molecule has 0 fully saturated rings. The van der Waals surface area contributed by atoms with Gasteiger partial charge in [0.15, 0.2) is 0 Å². The first kappa shape index (κ1) is 18.0. The van der Waals surface area contributed by atoms with Gasteiger partial charge < -0.3 is 4.55 Å². The molecule has 0 aliphatic carbocycles. The fraction of sp³-hybridized carbons (Fsp3) is 0.750. The first-order valence-electron chi connectivity index (χ1n) is 4.32. The molecule has 0 aliphatic heterocycles. The third-order valence-corrected chi connectivity index (χ3v) is 2.67. The van der Waals surface area contributed by atoms with Gasteiger partial charge in [-0.2, -0.15) is 0 Å². The average molecular weight is 260 g/mol. The molecule has 0 aromatic heterocycles. The molecule has 0 saturated heterocycles. The van der Waals surface area contributed by atoms with E-state index in [0.717, 1.165) is 0 Å². The number of rotatable bonds is 7. The Morgan fingerprint density at radius 1 is 1.27 bits per heavy atom. The van der Waals surface area contributed by atoms with E-state index < -0.39 is 20.3 Å². The van der Waals surface area contributed by atoms with E-state index in [4.69, 9.17) is 0 Å². The maximum Gasteiger partial charge on any atom is 1.00 e. The topological polar surface area (TPSA) is 74.3 Å². The minimum atomic E-state index is -3.63. The summed E-state index contributed by atoms with van der Waals surface area (Å²) in [7, 11) is -3.63. The molecule has 0 N–H and O–H groups in total. The summed E-state index contributed by atoms with van der Waals surface area (Å²) in [5, 5.41) is 0. The van der Waals surface area contributed by atoms with Crippen molar-refractivity contribution in [1.82, 2.24) is 0 Å². The summed E-state index contributed by atoms with van der Waals surface area (Å²) in [6.07, 6.45) is 1.31. The third kappa shape index (κ3) is 12.6. The Morgan fingerprint density at radius 2 is 1.73 bits per heavy atom. The standard InChI is InChI=1S/C8H14O4S2.Na/c1-2-7(9)4-3-5-8(10)6-14(11,12)13;/h2-6H2,1H3,(H,11,12,13);/q;+1/p-1. The van der Waals surface area contributed by atoms with Crippen LogP contribution in [0.25, 0.3) is 0 Å². The summed E-state index contributed by atoms with van der Waals surface area (Å²) in [6, 6.07) is 0. The Balaban J connectivity index is 0. The Bertz CT molecular complexity index is 311. The van der Waals surface area contributed by atoms with Crippen LogP contribution in [0.1, 0.15) is 32.6 Å². The van der Waals surface area contributed by atoms with Crippen molar-refractivity contribution in [2.24, 2.45) is 0 Å². The van der Waals surface area contributed by atoms with E-state index in [1.54, 1.807) is 6.92 Å². The van der Waals surface area contributed by atoms with Crippen LogP contribution in [0.4, 0.5) is 0 Å². The summed E-state index contributed by atoms with van der Waals surface area (Å²) in [4.78, 5) is 21.8. The number of hydrogen-bond donors (Lipinski definition) is 0. The zero-order valence-electron chi connectivity index (χ0n) is 8.99. The zero-order chi connectivity index (χ0) is 11.2. The largest absolute Gasteiger partial charge is 1.00 e. The van der Waals surface area contributed by atoms with Gasteiger partial charge in [-0.3, -0.25) is 13.8 Å². The Morgan fingerprint density at radius 3 is 2.13 bits per heavy atom. The van der Waals surface area contributed by atoms with E-state index in [1.807, 2.05) is 0 Å². The van der Waals surface area contributed by atoms with Gasteiger partial charge in [0.25, 0.3) is 0 Å². The molecular formula is C8H13NaO4S2. The number of Topliss-reactive ketones (excluding diaryl/α,β-unsaturated/α-hetero) is 2. The minimum absolute atomic E-state index is 0. The van der Waals surface area contributed by atoms with Gasteiger partial charge >= 0.3 is 29.6 Å². The summed E-state index contributed by atoms with van der Waals surface area (Å²) in [5.74, 6) is -0.925. The second kappa shape index (κ2) is 8.78. The van der Waals surface area contributed by atoms with E-state index in [0.29, 0.717) is 19.3 Å². The maximum atomic E-state index is 11.0. The predicted molar refractivity (Wildman–Crippen MR) is 55.3 cm³/mol. The van der Waals surface area contributed by atoms with Crippen LogP contribution in [-0.4, -0.2) is 26.1 Å². The molecule has 7 heteroatoms. The molecule has 4 nitrogen and oxygen atoms in total. The molecule has 82 valence electrons. The summed E-state index contributed by atoms with van der Waals surface area (Å²) < 4.78 is 21.0. The molecule has 15 heavy (non-hydrogen) atoms. The van der Waals surface area contributed by atoms with Crippen LogP contribution in [0, 0.1) is 0 Å². The van der Waals surface area contributed by atoms with Gasteiger partial charge in [-0.15, -0.1) is 0 Å². The number of ketones is 2. The average Bonchev–Trinajstić information content (AvgIpc) is 2.00. The van der Waals surface area contributed by atoms with Gasteiger partial charge in [-0.1, -0.05) is 6.92 Å². The molecular weight excluding hydrogens is 247 g/mol. The number of carbonyl (C=O) groups excluding carboxylic acids is 2. The summed E-state index contributed by atoms with van der Waals surface area (Å²) in [6.45, 7) is 1.75. The van der Waals surface area contributed by atoms with Crippen LogP contribution in [0.5, 0.6) is 0 Å². The zero-order valence-corrected chi connectivity index (χ0v) is 12.6. The van der Waals surface area contributed by atoms with Crippen molar-refractivity contribution in [3.05, 3.63) is 0 Å². The molecule has 1 atom stereocenters. The number of carbonyl (C=O) groups is 2. The third-order valence-electron chi connectivity index (χ3n) is 1.64. The van der Waals surface area contributed by atoms with Crippen LogP contribution in [0.3, 0.4) is 0 Å². The molecule has 0 amide bonds. The summed E-state index contributed by atoms with van der Waals surface area (Å²) in [5.41, 5.74) is 0. The Hall–Kier alpha value is 0.670. The van der Waals surface area contributed by atoms with Crippen molar-refractivity contribution < 1.29 is 47.9 Å². The molecule has 1 unspecified atom stereocenters. The molecule has 0 saturated carbocycles. The fourth-order valence-electron chi connectivity index (χ4n) is 0.929. The van der Waals surface area contributed by atoms with E-state index >= 15 is 0 Å². The molecule has 0 aromatic rings. The summed E-state index contributed by atoms with van der Waals surface area (Å²) >= 11 is 4.07. The Labute approximate surface area is 117 Å². The molecule has 0 bridgehead atoms. The quantitative estimate of drug-likeness (QED) is 0.477.